The third-order valence-electron chi connectivity index (χ3n) is 4.90. The first-order chi connectivity index (χ1) is 10.4. The van der Waals surface area contributed by atoms with Crippen molar-refractivity contribution in [2.75, 3.05) is 39.8 Å². The Kier molecular flexibility index (Phi) is 5.83. The molecule has 0 saturated carbocycles. The Bertz CT molecular complexity index is 505. The summed E-state index contributed by atoms with van der Waals surface area (Å²) >= 11 is 5.89. The molecule has 0 spiro atoms. The number of halogens is 2. The van der Waals surface area contributed by atoms with Crippen LogP contribution in [0.2, 0.25) is 5.02 Å². The predicted molar refractivity (Wildman–Crippen MR) is 88.7 cm³/mol. The number of nitrogens with zero attached hydrogens (tertiary/aromatic N) is 2. The quantitative estimate of drug-likeness (QED) is 0.900. The molecule has 22 heavy (non-hydrogen) atoms. The Morgan fingerprint density at radius 2 is 1.95 bits per heavy atom. The molecular weight excluding hydrogens is 303 g/mol. The molecule has 0 bridgehead atoms. The van der Waals surface area contributed by atoms with Crippen LogP contribution in [0.1, 0.15) is 25.8 Å². The lowest BCUT2D eigenvalue weighted by atomic mass is 9.80. The van der Waals surface area contributed by atoms with E-state index < -0.39 is 11.4 Å². The van der Waals surface area contributed by atoms with E-state index in [1.54, 1.807) is 12.1 Å². The standard InChI is InChI=1S/C17H26ClFN2O/c1-4-17(22,14-5-6-16(19)15(18)11-14)13(2)12-21-9-7-20(3)8-10-21/h5-6,11,13,22H,4,7-10,12H2,1-3H3. The topological polar surface area (TPSA) is 26.7 Å². The predicted octanol–water partition coefficient (Wildman–Crippen LogP) is 2.96. The molecule has 1 aliphatic heterocycles. The van der Waals surface area contributed by atoms with Gasteiger partial charge in [0, 0.05) is 38.6 Å². The van der Waals surface area contributed by atoms with E-state index in [1.807, 2.05) is 6.92 Å². The number of aliphatic hydroxyl groups is 1. The Labute approximate surface area is 137 Å². The van der Waals surface area contributed by atoms with Crippen LogP contribution in [-0.2, 0) is 5.60 Å². The summed E-state index contributed by atoms with van der Waals surface area (Å²) in [7, 11) is 2.13. The van der Waals surface area contributed by atoms with E-state index in [-0.39, 0.29) is 10.9 Å². The fraction of sp³-hybridized carbons (Fsp3) is 0.647. The number of piperazine rings is 1. The number of hydrogen-bond acceptors (Lipinski definition) is 3. The number of likely N-dealkylation sites (N-methyl/N-ethyl adjacent to an activating group) is 1. The van der Waals surface area contributed by atoms with Gasteiger partial charge in [0.1, 0.15) is 5.82 Å². The van der Waals surface area contributed by atoms with Gasteiger partial charge >= 0.3 is 0 Å². The van der Waals surface area contributed by atoms with Crippen LogP contribution in [-0.4, -0.2) is 54.7 Å². The zero-order chi connectivity index (χ0) is 16.3. The van der Waals surface area contributed by atoms with Gasteiger partial charge in [-0.3, -0.25) is 0 Å². The van der Waals surface area contributed by atoms with Crippen LogP contribution in [0.5, 0.6) is 0 Å². The maximum atomic E-state index is 13.4. The third-order valence-corrected chi connectivity index (χ3v) is 5.19. The largest absolute Gasteiger partial charge is 0.385 e. The zero-order valence-electron chi connectivity index (χ0n) is 13.6. The first-order valence-corrected chi connectivity index (χ1v) is 8.33. The maximum absolute atomic E-state index is 13.4. The highest BCUT2D eigenvalue weighted by atomic mass is 35.5. The monoisotopic (exact) mass is 328 g/mol. The molecule has 5 heteroatoms. The van der Waals surface area contributed by atoms with E-state index in [2.05, 4.69) is 23.8 Å². The lowest BCUT2D eigenvalue weighted by Crippen LogP contribution is -2.48. The second kappa shape index (κ2) is 7.26. The van der Waals surface area contributed by atoms with Crippen LogP contribution in [0.15, 0.2) is 18.2 Å². The lowest BCUT2D eigenvalue weighted by molar-refractivity contribution is -0.0372. The summed E-state index contributed by atoms with van der Waals surface area (Å²) in [5.74, 6) is -0.405. The van der Waals surface area contributed by atoms with Crippen molar-refractivity contribution >= 4 is 11.6 Å². The molecule has 1 heterocycles. The Morgan fingerprint density at radius 1 is 1.32 bits per heavy atom. The highest BCUT2D eigenvalue weighted by Gasteiger charge is 2.35. The van der Waals surface area contributed by atoms with E-state index in [9.17, 15) is 9.50 Å². The Morgan fingerprint density at radius 3 is 2.50 bits per heavy atom. The second-order valence-corrected chi connectivity index (χ2v) is 6.82. The average Bonchev–Trinajstić information content (AvgIpc) is 2.51. The van der Waals surface area contributed by atoms with Crippen LogP contribution >= 0.6 is 11.6 Å². The lowest BCUT2D eigenvalue weighted by Gasteiger charge is -2.39. The molecule has 2 rings (SSSR count). The minimum atomic E-state index is -0.985. The SMILES string of the molecule is CCC(O)(c1ccc(F)c(Cl)c1)C(C)CN1CCN(C)CC1. The highest BCUT2D eigenvalue weighted by molar-refractivity contribution is 6.30. The van der Waals surface area contributed by atoms with Crippen LogP contribution in [0.25, 0.3) is 0 Å². The molecule has 3 nitrogen and oxygen atoms in total. The number of hydrogen-bond donors (Lipinski definition) is 1. The highest BCUT2D eigenvalue weighted by Crippen LogP contribution is 2.35. The summed E-state index contributed by atoms with van der Waals surface area (Å²) in [5.41, 5.74) is -0.288. The zero-order valence-corrected chi connectivity index (χ0v) is 14.4. The molecule has 1 aliphatic rings. The number of rotatable bonds is 5. The molecule has 1 N–H and O–H groups in total. The molecule has 1 saturated heterocycles. The fourth-order valence-electron chi connectivity index (χ4n) is 3.17. The van der Waals surface area contributed by atoms with Gasteiger partial charge in [-0.1, -0.05) is 31.5 Å². The van der Waals surface area contributed by atoms with Gasteiger partial charge < -0.3 is 14.9 Å². The van der Waals surface area contributed by atoms with Crippen LogP contribution in [0.4, 0.5) is 4.39 Å². The van der Waals surface area contributed by atoms with Crippen LogP contribution in [0.3, 0.4) is 0 Å². The van der Waals surface area contributed by atoms with Crippen molar-refractivity contribution < 1.29 is 9.50 Å². The van der Waals surface area contributed by atoms with E-state index in [4.69, 9.17) is 11.6 Å². The third kappa shape index (κ3) is 3.80. The summed E-state index contributed by atoms with van der Waals surface area (Å²) < 4.78 is 13.4. The molecule has 0 aromatic heterocycles. The minimum Gasteiger partial charge on any atom is -0.385 e. The Hall–Kier alpha value is -0.680. The van der Waals surface area contributed by atoms with Gasteiger partial charge in [-0.15, -0.1) is 0 Å². The fourth-order valence-corrected chi connectivity index (χ4v) is 3.35. The van der Waals surface area contributed by atoms with E-state index >= 15 is 0 Å². The van der Waals surface area contributed by atoms with Crippen molar-refractivity contribution in [2.45, 2.75) is 25.9 Å². The minimum absolute atomic E-state index is 0.0439. The molecule has 1 fully saturated rings. The molecular formula is C17H26ClFN2O. The van der Waals surface area contributed by atoms with Crippen LogP contribution < -0.4 is 0 Å². The van der Waals surface area contributed by atoms with Gasteiger partial charge in [0.15, 0.2) is 0 Å². The summed E-state index contributed by atoms with van der Waals surface area (Å²) in [6.07, 6.45) is 0.573. The van der Waals surface area contributed by atoms with Gasteiger partial charge in [0.05, 0.1) is 10.6 Å². The first-order valence-electron chi connectivity index (χ1n) is 7.95. The van der Waals surface area contributed by atoms with Gasteiger partial charge in [0.2, 0.25) is 0 Å². The second-order valence-electron chi connectivity index (χ2n) is 6.41. The van der Waals surface area contributed by atoms with E-state index in [1.165, 1.54) is 6.07 Å². The summed E-state index contributed by atoms with van der Waals surface area (Å²) in [5, 5.41) is 11.2. The van der Waals surface area contributed by atoms with Crippen molar-refractivity contribution in [1.82, 2.24) is 9.80 Å². The molecule has 2 unspecified atom stereocenters. The number of benzene rings is 1. The normalized spacial score (nSPS) is 21.5. The van der Waals surface area contributed by atoms with Crippen LogP contribution in [0, 0.1) is 11.7 Å². The van der Waals surface area contributed by atoms with Crippen molar-refractivity contribution in [1.29, 1.82) is 0 Å². The average molecular weight is 329 g/mol. The first kappa shape index (κ1) is 17.7. The molecule has 2 atom stereocenters. The molecule has 0 amide bonds. The van der Waals surface area contributed by atoms with E-state index in [0.717, 1.165) is 32.7 Å². The summed E-state index contributed by atoms with van der Waals surface area (Å²) in [4.78, 5) is 4.70. The molecule has 1 aromatic rings. The van der Waals surface area contributed by atoms with Gasteiger partial charge in [0.25, 0.3) is 0 Å². The summed E-state index contributed by atoms with van der Waals surface area (Å²) in [6.45, 7) is 8.99. The van der Waals surface area contributed by atoms with Gasteiger partial charge in [-0.05, 0) is 31.2 Å². The molecule has 0 radical (unpaired) electrons. The maximum Gasteiger partial charge on any atom is 0.141 e. The van der Waals surface area contributed by atoms with Gasteiger partial charge in [-0.2, -0.15) is 0 Å². The van der Waals surface area contributed by atoms with Crippen molar-refractivity contribution in [3.05, 3.63) is 34.6 Å². The van der Waals surface area contributed by atoms with E-state index in [0.29, 0.717) is 12.0 Å². The molecule has 1 aromatic carbocycles. The summed E-state index contributed by atoms with van der Waals surface area (Å²) in [6, 6.07) is 4.53. The Balaban J connectivity index is 2.12. The van der Waals surface area contributed by atoms with Crippen molar-refractivity contribution in [3.8, 4) is 0 Å². The van der Waals surface area contributed by atoms with Crippen molar-refractivity contribution in [3.63, 3.8) is 0 Å². The van der Waals surface area contributed by atoms with Crippen molar-refractivity contribution in [2.24, 2.45) is 5.92 Å². The molecule has 0 aliphatic carbocycles. The molecule has 124 valence electrons. The van der Waals surface area contributed by atoms with Gasteiger partial charge in [-0.25, -0.2) is 4.39 Å². The smallest absolute Gasteiger partial charge is 0.141 e.